The number of carbonyl (C=O) groups excluding carboxylic acids is 1. The summed E-state index contributed by atoms with van der Waals surface area (Å²) in [6.07, 6.45) is 9.28. The zero-order valence-electron chi connectivity index (χ0n) is 11.7. The Hall–Kier alpha value is -0.570. The van der Waals surface area contributed by atoms with E-state index in [0.29, 0.717) is 18.3 Å². The van der Waals surface area contributed by atoms with Gasteiger partial charge in [-0.05, 0) is 37.0 Å². The van der Waals surface area contributed by atoms with Crippen molar-refractivity contribution in [3.8, 4) is 0 Å². The van der Waals surface area contributed by atoms with Crippen LogP contribution in [0.25, 0.3) is 0 Å². The molecule has 1 amide bonds. The van der Waals surface area contributed by atoms with Gasteiger partial charge in [-0.1, -0.05) is 32.6 Å². The Labute approximate surface area is 111 Å². The normalized spacial score (nSPS) is 36.6. The van der Waals surface area contributed by atoms with Crippen LogP contribution in [0.4, 0.5) is 0 Å². The lowest BCUT2D eigenvalue weighted by molar-refractivity contribution is -0.122. The van der Waals surface area contributed by atoms with Gasteiger partial charge < -0.3 is 11.1 Å². The summed E-state index contributed by atoms with van der Waals surface area (Å²) >= 11 is 0. The number of rotatable bonds is 4. The summed E-state index contributed by atoms with van der Waals surface area (Å²) in [6.45, 7) is 3.18. The van der Waals surface area contributed by atoms with Gasteiger partial charge in [-0.2, -0.15) is 0 Å². The van der Waals surface area contributed by atoms with E-state index in [9.17, 15) is 4.79 Å². The molecule has 104 valence electrons. The highest BCUT2D eigenvalue weighted by Gasteiger charge is 2.26. The average Bonchev–Trinajstić information content (AvgIpc) is 2.75. The Kier molecular flexibility index (Phi) is 5.04. The Morgan fingerprint density at radius 2 is 1.83 bits per heavy atom. The quantitative estimate of drug-likeness (QED) is 0.807. The van der Waals surface area contributed by atoms with Crippen molar-refractivity contribution in [3.63, 3.8) is 0 Å². The van der Waals surface area contributed by atoms with Gasteiger partial charge in [0.2, 0.25) is 5.91 Å². The molecule has 3 nitrogen and oxygen atoms in total. The molecule has 2 saturated carbocycles. The second-order valence-electron chi connectivity index (χ2n) is 6.38. The fourth-order valence-corrected chi connectivity index (χ4v) is 3.57. The maximum Gasteiger partial charge on any atom is 0.220 e. The number of carbonyl (C=O) groups is 1. The van der Waals surface area contributed by atoms with E-state index < -0.39 is 0 Å². The Bertz CT molecular complexity index is 280. The monoisotopic (exact) mass is 252 g/mol. The molecule has 0 aromatic rings. The first-order valence-electron chi connectivity index (χ1n) is 7.69. The summed E-state index contributed by atoms with van der Waals surface area (Å²) in [5.74, 6) is 2.12. The number of hydrogen-bond acceptors (Lipinski definition) is 2. The van der Waals surface area contributed by atoms with Crippen molar-refractivity contribution in [2.24, 2.45) is 23.5 Å². The van der Waals surface area contributed by atoms with Crippen LogP contribution in [0.15, 0.2) is 0 Å². The van der Waals surface area contributed by atoms with Crippen LogP contribution < -0.4 is 11.1 Å². The van der Waals surface area contributed by atoms with E-state index in [2.05, 4.69) is 12.2 Å². The van der Waals surface area contributed by atoms with Crippen molar-refractivity contribution >= 4 is 5.91 Å². The van der Waals surface area contributed by atoms with Crippen molar-refractivity contribution in [1.29, 1.82) is 0 Å². The zero-order chi connectivity index (χ0) is 13.0. The van der Waals surface area contributed by atoms with Gasteiger partial charge in [-0.15, -0.1) is 0 Å². The fourth-order valence-electron chi connectivity index (χ4n) is 3.57. The summed E-state index contributed by atoms with van der Waals surface area (Å²) in [7, 11) is 0. The predicted molar refractivity (Wildman–Crippen MR) is 74.1 cm³/mol. The molecule has 4 atom stereocenters. The van der Waals surface area contributed by atoms with Crippen molar-refractivity contribution in [3.05, 3.63) is 0 Å². The van der Waals surface area contributed by atoms with Crippen LogP contribution in [0.1, 0.15) is 58.3 Å². The first-order chi connectivity index (χ1) is 8.66. The molecule has 0 aromatic heterocycles. The number of hydrogen-bond donors (Lipinski definition) is 2. The molecule has 2 aliphatic carbocycles. The van der Waals surface area contributed by atoms with Crippen LogP contribution in [0.2, 0.25) is 0 Å². The molecule has 3 N–H and O–H groups in total. The van der Waals surface area contributed by atoms with Crippen LogP contribution in [-0.2, 0) is 4.79 Å². The SMILES string of the molecule is CC1CCCC1CNC(=O)CC1CCCCC1N. The number of amides is 1. The summed E-state index contributed by atoms with van der Waals surface area (Å²) in [5, 5.41) is 3.13. The Morgan fingerprint density at radius 1 is 1.11 bits per heavy atom. The maximum absolute atomic E-state index is 12.0. The van der Waals surface area contributed by atoms with E-state index in [1.54, 1.807) is 0 Å². The van der Waals surface area contributed by atoms with Gasteiger partial charge in [0.1, 0.15) is 0 Å². The van der Waals surface area contributed by atoms with Gasteiger partial charge in [0.25, 0.3) is 0 Å². The molecule has 2 fully saturated rings. The smallest absolute Gasteiger partial charge is 0.220 e. The summed E-state index contributed by atoms with van der Waals surface area (Å²) < 4.78 is 0. The lowest BCUT2D eigenvalue weighted by Crippen LogP contribution is -2.38. The summed E-state index contributed by atoms with van der Waals surface area (Å²) in [5.41, 5.74) is 6.09. The third-order valence-electron chi connectivity index (χ3n) is 5.02. The number of nitrogens with one attached hydrogen (secondary N) is 1. The van der Waals surface area contributed by atoms with E-state index in [1.165, 1.54) is 32.1 Å². The second kappa shape index (κ2) is 6.55. The first-order valence-corrected chi connectivity index (χ1v) is 7.69. The largest absolute Gasteiger partial charge is 0.356 e. The van der Waals surface area contributed by atoms with Crippen molar-refractivity contribution in [1.82, 2.24) is 5.32 Å². The standard InChI is InChI=1S/C15H28N2O/c1-11-5-4-7-13(11)10-17-15(18)9-12-6-2-3-8-14(12)16/h11-14H,2-10,16H2,1H3,(H,17,18). The molecule has 4 unspecified atom stereocenters. The molecule has 2 aliphatic rings. The topological polar surface area (TPSA) is 55.1 Å². The molecular weight excluding hydrogens is 224 g/mol. The van der Waals surface area contributed by atoms with Gasteiger partial charge in [0, 0.05) is 19.0 Å². The second-order valence-corrected chi connectivity index (χ2v) is 6.38. The molecule has 0 aromatic carbocycles. The lowest BCUT2D eigenvalue weighted by Gasteiger charge is -2.28. The molecule has 18 heavy (non-hydrogen) atoms. The molecule has 0 heterocycles. The van der Waals surface area contributed by atoms with Gasteiger partial charge in [-0.3, -0.25) is 4.79 Å². The molecule has 2 rings (SSSR count). The minimum atomic E-state index is 0.219. The van der Waals surface area contributed by atoms with E-state index >= 15 is 0 Å². The summed E-state index contributed by atoms with van der Waals surface area (Å²) in [4.78, 5) is 12.0. The molecule has 3 heteroatoms. The van der Waals surface area contributed by atoms with Crippen molar-refractivity contribution < 1.29 is 4.79 Å². The zero-order valence-corrected chi connectivity index (χ0v) is 11.7. The highest BCUT2D eigenvalue weighted by molar-refractivity contribution is 5.76. The minimum Gasteiger partial charge on any atom is -0.356 e. The van der Waals surface area contributed by atoms with E-state index in [0.717, 1.165) is 25.3 Å². The number of nitrogens with two attached hydrogens (primary N) is 1. The molecule has 0 aliphatic heterocycles. The van der Waals surface area contributed by atoms with Crippen LogP contribution in [0, 0.1) is 17.8 Å². The van der Waals surface area contributed by atoms with Crippen LogP contribution in [0.5, 0.6) is 0 Å². The average molecular weight is 252 g/mol. The molecule has 0 bridgehead atoms. The van der Waals surface area contributed by atoms with Gasteiger partial charge in [0.15, 0.2) is 0 Å². The Morgan fingerprint density at radius 3 is 2.50 bits per heavy atom. The highest BCUT2D eigenvalue weighted by Crippen LogP contribution is 2.30. The van der Waals surface area contributed by atoms with Crippen LogP contribution in [0.3, 0.4) is 0 Å². The lowest BCUT2D eigenvalue weighted by atomic mass is 9.83. The third kappa shape index (κ3) is 3.71. The molecular formula is C15H28N2O. The van der Waals surface area contributed by atoms with E-state index in [4.69, 9.17) is 5.73 Å². The third-order valence-corrected chi connectivity index (χ3v) is 5.02. The van der Waals surface area contributed by atoms with Gasteiger partial charge in [-0.25, -0.2) is 0 Å². The van der Waals surface area contributed by atoms with E-state index in [-0.39, 0.29) is 11.9 Å². The van der Waals surface area contributed by atoms with Crippen molar-refractivity contribution in [2.75, 3.05) is 6.54 Å². The Balaban J connectivity index is 1.68. The molecule has 0 saturated heterocycles. The molecule has 0 spiro atoms. The predicted octanol–water partition coefficient (Wildman–Crippen LogP) is 2.45. The van der Waals surface area contributed by atoms with E-state index in [1.807, 2.05) is 0 Å². The van der Waals surface area contributed by atoms with Crippen LogP contribution in [-0.4, -0.2) is 18.5 Å². The van der Waals surface area contributed by atoms with Gasteiger partial charge in [0.05, 0.1) is 0 Å². The fraction of sp³-hybridized carbons (Fsp3) is 0.933. The molecule has 0 radical (unpaired) electrons. The summed E-state index contributed by atoms with van der Waals surface area (Å²) in [6, 6.07) is 0.245. The van der Waals surface area contributed by atoms with Crippen LogP contribution >= 0.6 is 0 Å². The van der Waals surface area contributed by atoms with Crippen molar-refractivity contribution in [2.45, 2.75) is 64.3 Å². The first kappa shape index (κ1) is 13.9. The maximum atomic E-state index is 12.0. The minimum absolute atomic E-state index is 0.219. The highest BCUT2D eigenvalue weighted by atomic mass is 16.1. The van der Waals surface area contributed by atoms with Gasteiger partial charge >= 0.3 is 0 Å².